The van der Waals surface area contributed by atoms with E-state index in [0.717, 1.165) is 0 Å². The van der Waals surface area contributed by atoms with Crippen LogP contribution in [-0.4, -0.2) is 41.6 Å². The van der Waals surface area contributed by atoms with E-state index in [4.69, 9.17) is 5.11 Å². The molecule has 0 aromatic heterocycles. The van der Waals surface area contributed by atoms with Gasteiger partial charge in [0, 0.05) is 19.6 Å². The van der Waals surface area contributed by atoms with Gasteiger partial charge in [-0.3, -0.25) is 4.79 Å². The van der Waals surface area contributed by atoms with Crippen LogP contribution < -0.4 is 5.32 Å². The number of carboxylic acid groups (broad SMARTS) is 1. The molecule has 86 valence electrons. The standard InChI is InChI=1S/C10H18N2O3/c1-7(2)5-8(9(13)14)6-12-4-3-11-10(12)15/h7-8H,3-6H2,1-2H3,(H,11,15)(H,13,14). The summed E-state index contributed by atoms with van der Waals surface area (Å²) in [5, 5.41) is 11.7. The van der Waals surface area contributed by atoms with E-state index < -0.39 is 11.9 Å². The molecule has 1 heterocycles. The highest BCUT2D eigenvalue weighted by molar-refractivity contribution is 5.77. The molecule has 0 bridgehead atoms. The molecule has 1 unspecified atom stereocenters. The monoisotopic (exact) mass is 214 g/mol. The first-order valence-electron chi connectivity index (χ1n) is 5.26. The Balaban J connectivity index is 2.50. The second kappa shape index (κ2) is 5.00. The molecule has 15 heavy (non-hydrogen) atoms. The number of carbonyl (C=O) groups excluding carboxylic acids is 1. The number of hydrogen-bond donors (Lipinski definition) is 2. The summed E-state index contributed by atoms with van der Waals surface area (Å²) in [4.78, 5) is 23.8. The van der Waals surface area contributed by atoms with E-state index in [2.05, 4.69) is 5.32 Å². The lowest BCUT2D eigenvalue weighted by molar-refractivity contribution is -0.142. The lowest BCUT2D eigenvalue weighted by atomic mass is 9.97. The van der Waals surface area contributed by atoms with Crippen molar-refractivity contribution in [1.29, 1.82) is 0 Å². The third kappa shape index (κ3) is 3.42. The van der Waals surface area contributed by atoms with Gasteiger partial charge in [0.2, 0.25) is 0 Å². The van der Waals surface area contributed by atoms with Crippen LogP contribution in [0.5, 0.6) is 0 Å². The molecule has 0 saturated carbocycles. The highest BCUT2D eigenvalue weighted by atomic mass is 16.4. The maximum absolute atomic E-state index is 11.2. The maximum atomic E-state index is 11.2. The number of urea groups is 1. The molecule has 1 atom stereocenters. The van der Waals surface area contributed by atoms with E-state index in [0.29, 0.717) is 32.0 Å². The quantitative estimate of drug-likeness (QED) is 0.709. The minimum atomic E-state index is -0.816. The molecule has 1 saturated heterocycles. The number of hydrogen-bond acceptors (Lipinski definition) is 2. The van der Waals surface area contributed by atoms with Gasteiger partial charge < -0.3 is 15.3 Å². The Morgan fingerprint density at radius 3 is 2.67 bits per heavy atom. The van der Waals surface area contributed by atoms with Crippen molar-refractivity contribution in [1.82, 2.24) is 10.2 Å². The average Bonchev–Trinajstić information content (AvgIpc) is 2.50. The second-order valence-corrected chi connectivity index (χ2v) is 4.34. The number of nitrogens with one attached hydrogen (secondary N) is 1. The van der Waals surface area contributed by atoms with Gasteiger partial charge in [0.15, 0.2) is 0 Å². The summed E-state index contributed by atoms with van der Waals surface area (Å²) in [5.41, 5.74) is 0. The molecular formula is C10H18N2O3. The zero-order chi connectivity index (χ0) is 11.4. The second-order valence-electron chi connectivity index (χ2n) is 4.34. The maximum Gasteiger partial charge on any atom is 0.317 e. The topological polar surface area (TPSA) is 69.6 Å². The Morgan fingerprint density at radius 1 is 1.60 bits per heavy atom. The first-order chi connectivity index (χ1) is 7.00. The third-order valence-corrected chi connectivity index (χ3v) is 2.49. The van der Waals surface area contributed by atoms with Crippen molar-refractivity contribution in [3.05, 3.63) is 0 Å². The van der Waals surface area contributed by atoms with Crippen LogP contribution in [0.25, 0.3) is 0 Å². The van der Waals surface area contributed by atoms with E-state index in [-0.39, 0.29) is 6.03 Å². The van der Waals surface area contributed by atoms with Crippen LogP contribution in [0.1, 0.15) is 20.3 Å². The van der Waals surface area contributed by atoms with Crippen LogP contribution in [0.2, 0.25) is 0 Å². The van der Waals surface area contributed by atoms with Gasteiger partial charge in [-0.05, 0) is 12.3 Å². The Labute approximate surface area is 89.4 Å². The molecule has 1 aliphatic heterocycles. The lowest BCUT2D eigenvalue weighted by Gasteiger charge is -2.20. The summed E-state index contributed by atoms with van der Waals surface area (Å²) in [6, 6.07) is -0.148. The fourth-order valence-corrected chi connectivity index (χ4v) is 1.77. The Morgan fingerprint density at radius 2 is 2.27 bits per heavy atom. The van der Waals surface area contributed by atoms with Crippen LogP contribution in [0.3, 0.4) is 0 Å². The molecule has 5 nitrogen and oxygen atoms in total. The number of aliphatic carboxylic acids is 1. The fraction of sp³-hybridized carbons (Fsp3) is 0.800. The molecule has 2 N–H and O–H groups in total. The first kappa shape index (κ1) is 11.8. The number of nitrogens with zero attached hydrogens (tertiary/aromatic N) is 1. The highest BCUT2D eigenvalue weighted by Gasteiger charge is 2.27. The van der Waals surface area contributed by atoms with Gasteiger partial charge in [0.25, 0.3) is 0 Å². The van der Waals surface area contributed by atoms with E-state index in [1.807, 2.05) is 13.8 Å². The molecule has 5 heteroatoms. The van der Waals surface area contributed by atoms with E-state index >= 15 is 0 Å². The Kier molecular flexibility index (Phi) is 3.94. The van der Waals surface area contributed by atoms with E-state index in [1.165, 1.54) is 0 Å². The van der Waals surface area contributed by atoms with Crippen molar-refractivity contribution in [2.75, 3.05) is 19.6 Å². The number of rotatable bonds is 5. The van der Waals surface area contributed by atoms with Crippen molar-refractivity contribution < 1.29 is 14.7 Å². The van der Waals surface area contributed by atoms with Crippen LogP contribution in [-0.2, 0) is 4.79 Å². The number of carbonyl (C=O) groups is 2. The predicted molar refractivity (Wildman–Crippen MR) is 55.6 cm³/mol. The Hall–Kier alpha value is -1.26. The van der Waals surface area contributed by atoms with Gasteiger partial charge in [0.05, 0.1) is 5.92 Å². The molecule has 0 aliphatic carbocycles. The van der Waals surface area contributed by atoms with Gasteiger partial charge in [-0.2, -0.15) is 0 Å². The van der Waals surface area contributed by atoms with Crippen LogP contribution in [0, 0.1) is 11.8 Å². The largest absolute Gasteiger partial charge is 0.481 e. The fourth-order valence-electron chi connectivity index (χ4n) is 1.77. The van der Waals surface area contributed by atoms with Crippen LogP contribution in [0.15, 0.2) is 0 Å². The molecule has 2 amide bonds. The molecule has 1 fully saturated rings. The lowest BCUT2D eigenvalue weighted by Crippen LogP contribution is -2.36. The SMILES string of the molecule is CC(C)CC(CN1CCNC1=O)C(=O)O. The summed E-state index contributed by atoms with van der Waals surface area (Å²) in [5.74, 6) is -0.936. The van der Waals surface area contributed by atoms with Gasteiger partial charge in [-0.1, -0.05) is 13.8 Å². The number of amides is 2. The summed E-state index contributed by atoms with van der Waals surface area (Å²) < 4.78 is 0. The van der Waals surface area contributed by atoms with Crippen LogP contribution >= 0.6 is 0 Å². The predicted octanol–water partition coefficient (Wildman–Crippen LogP) is 0.759. The van der Waals surface area contributed by atoms with Crippen molar-refractivity contribution >= 4 is 12.0 Å². The zero-order valence-corrected chi connectivity index (χ0v) is 9.19. The molecule has 0 aromatic carbocycles. The average molecular weight is 214 g/mol. The molecule has 0 spiro atoms. The van der Waals surface area contributed by atoms with Gasteiger partial charge in [-0.15, -0.1) is 0 Å². The summed E-state index contributed by atoms with van der Waals surface area (Å²) in [7, 11) is 0. The Bertz CT molecular complexity index is 253. The van der Waals surface area contributed by atoms with Crippen molar-refractivity contribution in [3.8, 4) is 0 Å². The van der Waals surface area contributed by atoms with Gasteiger partial charge >= 0.3 is 12.0 Å². The molecule has 1 rings (SSSR count). The first-order valence-corrected chi connectivity index (χ1v) is 5.26. The summed E-state index contributed by atoms with van der Waals surface area (Å²) in [6.45, 7) is 5.52. The molecule has 1 aliphatic rings. The van der Waals surface area contributed by atoms with Gasteiger partial charge in [-0.25, -0.2) is 4.79 Å². The van der Waals surface area contributed by atoms with Crippen LogP contribution in [0.4, 0.5) is 4.79 Å². The summed E-state index contributed by atoms with van der Waals surface area (Å²) >= 11 is 0. The minimum absolute atomic E-state index is 0.148. The smallest absolute Gasteiger partial charge is 0.317 e. The third-order valence-electron chi connectivity index (χ3n) is 2.49. The normalized spacial score (nSPS) is 18.1. The van der Waals surface area contributed by atoms with E-state index in [1.54, 1.807) is 4.90 Å². The minimum Gasteiger partial charge on any atom is -0.481 e. The van der Waals surface area contributed by atoms with Crippen molar-refractivity contribution in [2.24, 2.45) is 11.8 Å². The van der Waals surface area contributed by atoms with Gasteiger partial charge in [0.1, 0.15) is 0 Å². The number of carboxylic acids is 1. The van der Waals surface area contributed by atoms with Crippen molar-refractivity contribution in [3.63, 3.8) is 0 Å². The molecule has 0 radical (unpaired) electrons. The summed E-state index contributed by atoms with van der Waals surface area (Å²) in [6.07, 6.45) is 0.610. The van der Waals surface area contributed by atoms with Crippen molar-refractivity contribution in [2.45, 2.75) is 20.3 Å². The van der Waals surface area contributed by atoms with E-state index in [9.17, 15) is 9.59 Å². The highest BCUT2D eigenvalue weighted by Crippen LogP contribution is 2.14. The molecular weight excluding hydrogens is 196 g/mol. The molecule has 0 aromatic rings. The zero-order valence-electron chi connectivity index (χ0n) is 9.19.